The van der Waals surface area contributed by atoms with Crippen LogP contribution in [-0.2, 0) is 16.6 Å². The molecule has 0 aromatic heterocycles. The zero-order valence-electron chi connectivity index (χ0n) is 16.9. The minimum absolute atomic E-state index is 0.0117. The molecule has 2 aromatic rings. The number of sulfonamides is 1. The molecule has 1 saturated heterocycles. The highest BCUT2D eigenvalue weighted by molar-refractivity contribution is 7.89. The van der Waals surface area contributed by atoms with Crippen LogP contribution in [0.1, 0.15) is 24.0 Å². The Labute approximate surface area is 173 Å². The van der Waals surface area contributed by atoms with Crippen LogP contribution in [0.5, 0.6) is 5.75 Å². The highest BCUT2D eigenvalue weighted by Gasteiger charge is 2.22. The number of aliphatic hydroxyl groups is 1. The summed E-state index contributed by atoms with van der Waals surface area (Å²) < 4.78 is 33.3. The lowest BCUT2D eigenvalue weighted by atomic mass is 9.97. The van der Waals surface area contributed by atoms with Gasteiger partial charge < -0.3 is 9.84 Å². The van der Waals surface area contributed by atoms with Gasteiger partial charge in [0.25, 0.3) is 0 Å². The second kappa shape index (κ2) is 10.2. The van der Waals surface area contributed by atoms with E-state index < -0.39 is 10.0 Å². The molecule has 1 aliphatic heterocycles. The molecule has 2 N–H and O–H groups in total. The first-order valence-electron chi connectivity index (χ1n) is 10.1. The van der Waals surface area contributed by atoms with Crippen molar-refractivity contribution in [1.29, 1.82) is 0 Å². The Morgan fingerprint density at radius 2 is 1.79 bits per heavy atom. The van der Waals surface area contributed by atoms with E-state index in [1.54, 1.807) is 12.1 Å². The highest BCUT2D eigenvalue weighted by Crippen LogP contribution is 2.21. The minimum atomic E-state index is -3.45. The van der Waals surface area contributed by atoms with E-state index in [-0.39, 0.29) is 6.61 Å². The number of hydrogen-bond donors (Lipinski definition) is 2. The lowest BCUT2D eigenvalue weighted by Crippen LogP contribution is -2.38. The molecule has 158 valence electrons. The fraction of sp³-hybridized carbons (Fsp3) is 0.455. The Bertz CT molecular complexity index is 876. The van der Waals surface area contributed by atoms with E-state index in [2.05, 4.69) is 21.8 Å². The lowest BCUT2D eigenvalue weighted by Gasteiger charge is -2.32. The number of likely N-dealkylation sites (tertiary alicyclic amines) is 1. The first kappa shape index (κ1) is 21.8. The van der Waals surface area contributed by atoms with Gasteiger partial charge in [0.15, 0.2) is 0 Å². The van der Waals surface area contributed by atoms with Crippen molar-refractivity contribution in [2.24, 2.45) is 5.92 Å². The Morgan fingerprint density at radius 1 is 1.10 bits per heavy atom. The van der Waals surface area contributed by atoms with Crippen LogP contribution < -0.4 is 9.46 Å². The molecule has 1 fully saturated rings. The molecule has 1 aliphatic rings. The molecule has 1 heterocycles. The van der Waals surface area contributed by atoms with Gasteiger partial charge in [-0.15, -0.1) is 0 Å². The second-order valence-electron chi connectivity index (χ2n) is 7.55. The van der Waals surface area contributed by atoms with Gasteiger partial charge in [-0.05, 0) is 68.1 Å². The average Bonchev–Trinajstić information content (AvgIpc) is 2.73. The van der Waals surface area contributed by atoms with Crippen molar-refractivity contribution in [3.8, 4) is 5.75 Å². The third-order valence-electron chi connectivity index (χ3n) is 5.34. The van der Waals surface area contributed by atoms with E-state index in [1.807, 2.05) is 31.2 Å². The molecule has 0 amide bonds. The number of hydrogen-bond acceptors (Lipinski definition) is 5. The number of piperidine rings is 1. The zero-order valence-corrected chi connectivity index (χ0v) is 17.7. The molecule has 3 rings (SSSR count). The zero-order chi connectivity index (χ0) is 20.7. The van der Waals surface area contributed by atoms with Crippen LogP contribution in [-0.4, -0.2) is 51.3 Å². The van der Waals surface area contributed by atoms with Crippen LogP contribution >= 0.6 is 0 Å². The second-order valence-corrected chi connectivity index (χ2v) is 9.29. The molecule has 2 aromatic carbocycles. The summed E-state index contributed by atoms with van der Waals surface area (Å²) >= 11 is 0. The Hall–Kier alpha value is -1.93. The SMILES string of the molecule is Cc1ccccc1S(=O)(=O)NCC1CCN(Cc2ccc(OCCO)cc2)CC1. The quantitative estimate of drug-likeness (QED) is 0.654. The number of aliphatic hydroxyl groups excluding tert-OH is 1. The monoisotopic (exact) mass is 418 g/mol. The molecular formula is C22H30N2O4S. The fourth-order valence-electron chi connectivity index (χ4n) is 3.62. The number of ether oxygens (including phenoxy) is 1. The third kappa shape index (κ3) is 6.27. The molecule has 0 unspecified atom stereocenters. The minimum Gasteiger partial charge on any atom is -0.491 e. The van der Waals surface area contributed by atoms with Gasteiger partial charge in [0, 0.05) is 13.1 Å². The molecule has 0 spiro atoms. The van der Waals surface area contributed by atoms with Crippen molar-refractivity contribution in [3.63, 3.8) is 0 Å². The molecule has 0 aliphatic carbocycles. The third-order valence-corrected chi connectivity index (χ3v) is 6.93. The lowest BCUT2D eigenvalue weighted by molar-refractivity contribution is 0.178. The predicted octanol–water partition coefficient (Wildman–Crippen LogP) is 2.56. The van der Waals surface area contributed by atoms with Gasteiger partial charge in [0.1, 0.15) is 12.4 Å². The van der Waals surface area contributed by atoms with Gasteiger partial charge in [-0.2, -0.15) is 0 Å². The van der Waals surface area contributed by atoms with E-state index in [0.29, 0.717) is 24.0 Å². The van der Waals surface area contributed by atoms with E-state index in [9.17, 15) is 8.42 Å². The predicted molar refractivity (Wildman–Crippen MR) is 113 cm³/mol. The number of aryl methyl sites for hydroxylation is 1. The molecule has 0 saturated carbocycles. The van der Waals surface area contributed by atoms with Crippen LogP contribution in [0.2, 0.25) is 0 Å². The molecule has 6 nitrogen and oxygen atoms in total. The van der Waals surface area contributed by atoms with Gasteiger partial charge in [-0.3, -0.25) is 4.90 Å². The number of nitrogens with one attached hydrogen (secondary N) is 1. The van der Waals surface area contributed by atoms with Crippen molar-refractivity contribution in [2.45, 2.75) is 31.2 Å². The van der Waals surface area contributed by atoms with Crippen molar-refractivity contribution in [2.75, 3.05) is 32.8 Å². The highest BCUT2D eigenvalue weighted by atomic mass is 32.2. The topological polar surface area (TPSA) is 78.9 Å². The normalized spacial score (nSPS) is 16.1. The molecule has 0 bridgehead atoms. The van der Waals surface area contributed by atoms with E-state index in [1.165, 1.54) is 5.56 Å². The standard InChI is InChI=1S/C22H30N2O4S/c1-18-4-2-3-5-22(18)29(26,27)23-16-19-10-12-24(13-11-19)17-20-6-8-21(9-7-20)28-15-14-25/h2-9,19,23,25H,10-17H2,1H3. The molecular weight excluding hydrogens is 388 g/mol. The summed E-state index contributed by atoms with van der Waals surface area (Å²) in [6.45, 7) is 5.42. The van der Waals surface area contributed by atoms with E-state index in [0.717, 1.165) is 43.8 Å². The smallest absolute Gasteiger partial charge is 0.240 e. The summed E-state index contributed by atoms with van der Waals surface area (Å²) in [5.74, 6) is 1.13. The number of benzene rings is 2. The maximum absolute atomic E-state index is 12.5. The largest absolute Gasteiger partial charge is 0.491 e. The summed E-state index contributed by atoms with van der Waals surface area (Å²) in [4.78, 5) is 2.76. The maximum Gasteiger partial charge on any atom is 0.240 e. The van der Waals surface area contributed by atoms with E-state index >= 15 is 0 Å². The van der Waals surface area contributed by atoms with Gasteiger partial charge >= 0.3 is 0 Å². The van der Waals surface area contributed by atoms with Gasteiger partial charge in [0.05, 0.1) is 11.5 Å². The van der Waals surface area contributed by atoms with Gasteiger partial charge in [0.2, 0.25) is 10.0 Å². The number of nitrogens with zero attached hydrogens (tertiary/aromatic N) is 1. The van der Waals surface area contributed by atoms with E-state index in [4.69, 9.17) is 9.84 Å². The van der Waals surface area contributed by atoms with Crippen LogP contribution in [0.4, 0.5) is 0 Å². The fourth-order valence-corrected chi connectivity index (χ4v) is 4.98. The molecule has 0 radical (unpaired) electrons. The van der Waals surface area contributed by atoms with Crippen LogP contribution in [0, 0.1) is 12.8 Å². The first-order valence-corrected chi connectivity index (χ1v) is 11.6. The van der Waals surface area contributed by atoms with Gasteiger partial charge in [-0.1, -0.05) is 30.3 Å². The van der Waals surface area contributed by atoms with Crippen LogP contribution in [0.15, 0.2) is 53.4 Å². The average molecular weight is 419 g/mol. The van der Waals surface area contributed by atoms with Crippen LogP contribution in [0.25, 0.3) is 0 Å². The molecule has 0 atom stereocenters. The molecule has 29 heavy (non-hydrogen) atoms. The number of rotatable bonds is 9. The Balaban J connectivity index is 1.44. The Kier molecular flexibility index (Phi) is 7.66. The summed E-state index contributed by atoms with van der Waals surface area (Å²) in [7, 11) is -3.45. The Morgan fingerprint density at radius 3 is 2.45 bits per heavy atom. The van der Waals surface area contributed by atoms with Gasteiger partial charge in [-0.25, -0.2) is 13.1 Å². The van der Waals surface area contributed by atoms with Crippen molar-refractivity contribution in [3.05, 3.63) is 59.7 Å². The maximum atomic E-state index is 12.5. The summed E-state index contributed by atoms with van der Waals surface area (Å²) in [6.07, 6.45) is 1.96. The van der Waals surface area contributed by atoms with Crippen molar-refractivity contribution >= 4 is 10.0 Å². The van der Waals surface area contributed by atoms with Crippen molar-refractivity contribution in [1.82, 2.24) is 9.62 Å². The van der Waals surface area contributed by atoms with Crippen LogP contribution in [0.3, 0.4) is 0 Å². The summed E-state index contributed by atoms with van der Waals surface area (Å²) in [5, 5.41) is 8.80. The van der Waals surface area contributed by atoms with Crippen molar-refractivity contribution < 1.29 is 18.3 Å². The summed E-state index contributed by atoms with van der Waals surface area (Å²) in [6, 6.07) is 15.0. The first-order chi connectivity index (χ1) is 14.0. The molecule has 7 heteroatoms. The summed E-state index contributed by atoms with van der Waals surface area (Å²) in [5.41, 5.74) is 1.99.